The Hall–Kier alpha value is -3.10. The van der Waals surface area contributed by atoms with Gasteiger partial charge in [-0.1, -0.05) is 35.9 Å². The zero-order valence-electron chi connectivity index (χ0n) is 19.2. The Balaban J connectivity index is 2.42. The molecule has 0 bridgehead atoms. The van der Waals surface area contributed by atoms with Gasteiger partial charge in [0, 0.05) is 17.3 Å². The number of nitrogens with one attached hydrogen (secondary N) is 2. The molecular weight excluding hydrogens is 448 g/mol. The van der Waals surface area contributed by atoms with Crippen molar-refractivity contribution >= 4 is 29.4 Å². The summed E-state index contributed by atoms with van der Waals surface area (Å²) in [7, 11) is 1.28. The Morgan fingerprint density at radius 2 is 1.91 bits per heavy atom. The van der Waals surface area contributed by atoms with Crippen molar-refractivity contribution in [2.45, 2.75) is 26.7 Å². The van der Waals surface area contributed by atoms with Crippen LogP contribution in [0.2, 0.25) is 5.02 Å². The van der Waals surface area contributed by atoms with E-state index in [1.807, 2.05) is 0 Å². The summed E-state index contributed by atoms with van der Waals surface area (Å²) in [4.78, 5) is 37.3. The first-order chi connectivity index (χ1) is 15.8. The molecule has 33 heavy (non-hydrogen) atoms. The van der Waals surface area contributed by atoms with Crippen molar-refractivity contribution in [2.24, 2.45) is 0 Å². The second-order valence-corrected chi connectivity index (χ2v) is 7.47. The molecular formula is C24H29ClN2O6. The number of hydrogen-bond acceptors (Lipinski definition) is 7. The standard InChI is InChI=1S/C24H29ClN2O6/c1-5-9-19(28)26-12-13-32-14-18-22(24(30)33-6-2)21(16-10-7-8-11-17(16)25)20(15(3)27-18)23(29)31-4/h5,7-11,21,27H,6,12-14H2,1-4H3,(H,26,28)/b9-5-. The van der Waals surface area contributed by atoms with Crippen LogP contribution < -0.4 is 10.6 Å². The molecule has 1 heterocycles. The zero-order valence-corrected chi connectivity index (χ0v) is 20.0. The van der Waals surface area contributed by atoms with E-state index < -0.39 is 17.9 Å². The van der Waals surface area contributed by atoms with Crippen LogP contribution in [0.25, 0.3) is 0 Å². The van der Waals surface area contributed by atoms with Crippen LogP contribution in [0.1, 0.15) is 32.3 Å². The fourth-order valence-corrected chi connectivity index (χ4v) is 3.74. The molecule has 1 aromatic rings. The number of halogens is 1. The maximum absolute atomic E-state index is 13.1. The molecule has 1 aliphatic rings. The SMILES string of the molecule is C/C=C\C(=O)NCCOCC1=C(C(=O)OCC)C(c2ccccc2Cl)C(C(=O)OC)=C(C)N1. The maximum atomic E-state index is 13.1. The molecule has 1 atom stereocenters. The van der Waals surface area contributed by atoms with Crippen LogP contribution in [0.15, 0.2) is 59.0 Å². The monoisotopic (exact) mass is 476 g/mol. The average Bonchev–Trinajstić information content (AvgIpc) is 2.78. The summed E-state index contributed by atoms with van der Waals surface area (Å²) in [5.74, 6) is -2.20. The van der Waals surface area contributed by atoms with E-state index in [0.29, 0.717) is 28.5 Å². The molecule has 2 N–H and O–H groups in total. The number of carbonyl (C=O) groups excluding carboxylic acids is 3. The van der Waals surface area contributed by atoms with Gasteiger partial charge in [-0.2, -0.15) is 0 Å². The molecule has 0 fully saturated rings. The van der Waals surface area contributed by atoms with E-state index in [4.69, 9.17) is 25.8 Å². The highest BCUT2D eigenvalue weighted by atomic mass is 35.5. The lowest BCUT2D eigenvalue weighted by atomic mass is 9.80. The summed E-state index contributed by atoms with van der Waals surface area (Å²) in [5.41, 5.74) is 2.01. The van der Waals surface area contributed by atoms with E-state index in [1.165, 1.54) is 13.2 Å². The number of dihydropyridines is 1. The van der Waals surface area contributed by atoms with Crippen LogP contribution in [0.3, 0.4) is 0 Å². The molecule has 0 radical (unpaired) electrons. The van der Waals surface area contributed by atoms with Crippen LogP contribution in [0, 0.1) is 0 Å². The van der Waals surface area contributed by atoms with Crippen molar-refractivity contribution in [3.63, 3.8) is 0 Å². The molecule has 0 spiro atoms. The molecule has 0 aromatic heterocycles. The third-order valence-electron chi connectivity index (χ3n) is 4.87. The number of allylic oxidation sites excluding steroid dienone is 2. The summed E-state index contributed by atoms with van der Waals surface area (Å²) in [6, 6.07) is 6.99. The Morgan fingerprint density at radius 1 is 1.18 bits per heavy atom. The molecule has 8 nitrogen and oxygen atoms in total. The molecule has 0 saturated carbocycles. The number of rotatable bonds is 10. The van der Waals surface area contributed by atoms with Crippen LogP contribution in [0.5, 0.6) is 0 Å². The molecule has 0 saturated heterocycles. The van der Waals surface area contributed by atoms with Gasteiger partial charge in [0.2, 0.25) is 5.91 Å². The summed E-state index contributed by atoms with van der Waals surface area (Å²) in [6.07, 6.45) is 3.06. The highest BCUT2D eigenvalue weighted by molar-refractivity contribution is 6.31. The fourth-order valence-electron chi connectivity index (χ4n) is 3.49. The Bertz CT molecular complexity index is 983. The normalized spacial score (nSPS) is 16.0. The number of carbonyl (C=O) groups is 3. The topological polar surface area (TPSA) is 103 Å². The number of esters is 2. The fraction of sp³-hybridized carbons (Fsp3) is 0.375. The van der Waals surface area contributed by atoms with Crippen molar-refractivity contribution in [1.29, 1.82) is 0 Å². The Labute approximate surface area is 198 Å². The lowest BCUT2D eigenvalue weighted by Gasteiger charge is -2.31. The summed E-state index contributed by atoms with van der Waals surface area (Å²) >= 11 is 6.47. The highest BCUT2D eigenvalue weighted by Gasteiger charge is 2.39. The van der Waals surface area contributed by atoms with Gasteiger partial charge in [-0.15, -0.1) is 0 Å². The van der Waals surface area contributed by atoms with Gasteiger partial charge in [0.1, 0.15) is 0 Å². The number of amides is 1. The number of hydrogen-bond donors (Lipinski definition) is 2. The summed E-state index contributed by atoms with van der Waals surface area (Å²) in [5, 5.41) is 6.19. The van der Waals surface area contributed by atoms with E-state index >= 15 is 0 Å². The Kier molecular flexibility index (Phi) is 10.2. The summed E-state index contributed by atoms with van der Waals surface area (Å²) in [6.45, 7) is 5.86. The van der Waals surface area contributed by atoms with Crippen molar-refractivity contribution in [1.82, 2.24) is 10.6 Å². The van der Waals surface area contributed by atoms with E-state index in [2.05, 4.69) is 10.6 Å². The molecule has 9 heteroatoms. The third-order valence-corrected chi connectivity index (χ3v) is 5.22. The second-order valence-electron chi connectivity index (χ2n) is 7.07. The predicted octanol–water partition coefficient (Wildman–Crippen LogP) is 3.00. The molecule has 1 aliphatic heterocycles. The van der Waals surface area contributed by atoms with E-state index in [1.54, 1.807) is 51.1 Å². The maximum Gasteiger partial charge on any atom is 0.336 e. The Morgan fingerprint density at radius 3 is 2.55 bits per heavy atom. The minimum Gasteiger partial charge on any atom is -0.466 e. The van der Waals surface area contributed by atoms with E-state index in [0.717, 1.165) is 0 Å². The van der Waals surface area contributed by atoms with Gasteiger partial charge in [-0.3, -0.25) is 4.79 Å². The largest absolute Gasteiger partial charge is 0.466 e. The molecule has 178 valence electrons. The number of ether oxygens (including phenoxy) is 3. The lowest BCUT2D eigenvalue weighted by Crippen LogP contribution is -2.35. The van der Waals surface area contributed by atoms with Gasteiger partial charge in [-0.25, -0.2) is 9.59 Å². The smallest absolute Gasteiger partial charge is 0.336 e. The van der Waals surface area contributed by atoms with Crippen molar-refractivity contribution in [2.75, 3.05) is 33.5 Å². The van der Waals surface area contributed by atoms with E-state index in [9.17, 15) is 14.4 Å². The first kappa shape index (κ1) is 26.2. The van der Waals surface area contributed by atoms with Gasteiger partial charge >= 0.3 is 11.9 Å². The quantitative estimate of drug-likeness (QED) is 0.304. The van der Waals surface area contributed by atoms with Crippen LogP contribution >= 0.6 is 11.6 Å². The van der Waals surface area contributed by atoms with Crippen LogP contribution in [0.4, 0.5) is 0 Å². The number of methoxy groups -OCH3 is 1. The van der Waals surface area contributed by atoms with Crippen molar-refractivity contribution in [3.8, 4) is 0 Å². The van der Waals surface area contributed by atoms with Crippen LogP contribution in [-0.2, 0) is 28.6 Å². The van der Waals surface area contributed by atoms with Crippen molar-refractivity contribution < 1.29 is 28.6 Å². The zero-order chi connectivity index (χ0) is 24.4. The first-order valence-electron chi connectivity index (χ1n) is 10.5. The van der Waals surface area contributed by atoms with Gasteiger partial charge < -0.3 is 24.8 Å². The first-order valence-corrected chi connectivity index (χ1v) is 10.9. The van der Waals surface area contributed by atoms with Gasteiger partial charge in [-0.05, 0) is 38.5 Å². The molecule has 2 rings (SSSR count). The van der Waals surface area contributed by atoms with Gasteiger partial charge in [0.25, 0.3) is 0 Å². The second kappa shape index (κ2) is 12.8. The summed E-state index contributed by atoms with van der Waals surface area (Å²) < 4.78 is 16.0. The molecule has 1 amide bonds. The average molecular weight is 477 g/mol. The van der Waals surface area contributed by atoms with Crippen molar-refractivity contribution in [3.05, 3.63) is 69.5 Å². The highest BCUT2D eigenvalue weighted by Crippen LogP contribution is 2.41. The minimum atomic E-state index is -0.806. The van der Waals surface area contributed by atoms with Gasteiger partial charge in [0.05, 0.1) is 49.7 Å². The molecule has 0 aliphatic carbocycles. The predicted molar refractivity (Wildman–Crippen MR) is 124 cm³/mol. The lowest BCUT2D eigenvalue weighted by molar-refractivity contribution is -0.139. The third kappa shape index (κ3) is 6.69. The molecule has 1 aromatic carbocycles. The molecule has 1 unspecified atom stereocenters. The minimum absolute atomic E-state index is 0.0282. The van der Waals surface area contributed by atoms with Crippen LogP contribution in [-0.4, -0.2) is 51.3 Å². The number of benzene rings is 1. The van der Waals surface area contributed by atoms with Gasteiger partial charge in [0.15, 0.2) is 0 Å². The van der Waals surface area contributed by atoms with E-state index in [-0.39, 0.29) is 36.9 Å².